The van der Waals surface area contributed by atoms with E-state index in [-0.39, 0.29) is 0 Å². The maximum atomic E-state index is 11.4. The van der Waals surface area contributed by atoms with E-state index in [4.69, 9.17) is 22.7 Å². The van der Waals surface area contributed by atoms with Crippen LogP contribution in [0, 0.1) is 0 Å². The molecule has 0 fully saturated rings. The maximum Gasteiger partial charge on any atom is 0.341 e. The first-order chi connectivity index (χ1) is 7.39. The fraction of sp³-hybridized carbons (Fsp3) is 0.500. The lowest BCUT2D eigenvalue weighted by Crippen LogP contribution is -2.40. The molecule has 1 rings (SSSR count). The Morgan fingerprint density at radius 3 is 2.81 bits per heavy atom. The minimum atomic E-state index is -0.597. The van der Waals surface area contributed by atoms with Crippen LogP contribution in [0.1, 0.15) is 31.1 Å². The molecule has 0 aliphatic carbocycles. The predicted octanol–water partition coefficient (Wildman–Crippen LogP) is 1.08. The van der Waals surface area contributed by atoms with Crippen molar-refractivity contribution in [1.82, 2.24) is 9.78 Å². The van der Waals surface area contributed by atoms with Crippen LogP contribution in [0.3, 0.4) is 0 Å². The molecule has 0 radical (unpaired) electrons. The lowest BCUT2D eigenvalue weighted by Gasteiger charge is -2.23. The first-order valence-corrected chi connectivity index (χ1v) is 5.32. The van der Waals surface area contributed by atoms with Gasteiger partial charge in [-0.1, -0.05) is 12.2 Å². The van der Waals surface area contributed by atoms with Crippen LogP contribution in [0.5, 0.6) is 0 Å². The van der Waals surface area contributed by atoms with Gasteiger partial charge in [-0.25, -0.2) is 4.79 Å². The van der Waals surface area contributed by atoms with Gasteiger partial charge >= 0.3 is 5.97 Å². The number of rotatable bonds is 4. The van der Waals surface area contributed by atoms with Crippen molar-refractivity contribution in [1.29, 1.82) is 0 Å². The number of aromatic nitrogens is 2. The van der Waals surface area contributed by atoms with Gasteiger partial charge in [-0.15, -0.1) is 0 Å². The number of thiocarbonyl (C=S) groups is 1. The van der Waals surface area contributed by atoms with Crippen molar-refractivity contribution in [3.05, 3.63) is 18.0 Å². The van der Waals surface area contributed by atoms with Gasteiger partial charge in [-0.3, -0.25) is 4.68 Å². The Bertz CT molecular complexity index is 412. The van der Waals surface area contributed by atoms with Gasteiger partial charge in [0.1, 0.15) is 10.5 Å². The zero-order valence-electron chi connectivity index (χ0n) is 9.56. The third kappa shape index (κ3) is 2.38. The fourth-order valence-electron chi connectivity index (χ4n) is 1.06. The summed E-state index contributed by atoms with van der Waals surface area (Å²) in [5.41, 5.74) is 5.40. The van der Waals surface area contributed by atoms with Crippen LogP contribution < -0.4 is 5.73 Å². The van der Waals surface area contributed by atoms with Gasteiger partial charge in [0.15, 0.2) is 0 Å². The molecular weight excluding hydrogens is 226 g/mol. The molecule has 1 aromatic heterocycles. The summed E-state index contributed by atoms with van der Waals surface area (Å²) in [6.07, 6.45) is 3.02. The molecule has 88 valence electrons. The normalized spacial score (nSPS) is 11.2. The summed E-state index contributed by atoms with van der Waals surface area (Å²) in [5, 5.41) is 4.06. The van der Waals surface area contributed by atoms with E-state index in [0.29, 0.717) is 17.2 Å². The Balaban J connectivity index is 2.95. The topological polar surface area (TPSA) is 70.1 Å². The van der Waals surface area contributed by atoms with E-state index in [0.717, 1.165) is 0 Å². The van der Waals surface area contributed by atoms with Gasteiger partial charge in [-0.2, -0.15) is 5.10 Å². The number of esters is 1. The van der Waals surface area contributed by atoms with Crippen molar-refractivity contribution in [2.45, 2.75) is 26.3 Å². The summed E-state index contributed by atoms with van der Waals surface area (Å²) in [5.74, 6) is -0.396. The quantitative estimate of drug-likeness (QED) is 0.631. The predicted molar refractivity (Wildman–Crippen MR) is 64.3 cm³/mol. The standard InChI is InChI=1S/C10H15N3O2S/c1-4-15-8(14)7-5-12-13(6-7)10(2,3)9(11)16/h5-6H,4H2,1-3H3,(H2,11,16). The van der Waals surface area contributed by atoms with Gasteiger partial charge in [0.05, 0.1) is 18.4 Å². The minimum Gasteiger partial charge on any atom is -0.462 e. The molecule has 5 nitrogen and oxygen atoms in total. The second kappa shape index (κ2) is 4.61. The number of hydrogen-bond donors (Lipinski definition) is 1. The highest BCUT2D eigenvalue weighted by molar-refractivity contribution is 7.80. The Morgan fingerprint density at radius 1 is 1.69 bits per heavy atom. The monoisotopic (exact) mass is 241 g/mol. The molecule has 0 spiro atoms. The number of carbonyl (C=O) groups is 1. The highest BCUT2D eigenvalue weighted by atomic mass is 32.1. The molecule has 1 aromatic rings. The van der Waals surface area contributed by atoms with Crippen LogP contribution in [-0.2, 0) is 10.3 Å². The van der Waals surface area contributed by atoms with Crippen molar-refractivity contribution in [2.75, 3.05) is 6.61 Å². The third-order valence-electron chi connectivity index (χ3n) is 2.27. The lowest BCUT2D eigenvalue weighted by atomic mass is 10.1. The molecule has 0 aromatic carbocycles. The van der Waals surface area contributed by atoms with Crippen LogP contribution >= 0.6 is 12.2 Å². The van der Waals surface area contributed by atoms with Crippen molar-refractivity contribution < 1.29 is 9.53 Å². The van der Waals surface area contributed by atoms with Crippen LogP contribution in [0.4, 0.5) is 0 Å². The largest absolute Gasteiger partial charge is 0.462 e. The molecule has 6 heteroatoms. The van der Waals surface area contributed by atoms with Crippen LogP contribution in [0.2, 0.25) is 0 Å². The van der Waals surface area contributed by atoms with Gasteiger partial charge in [0.2, 0.25) is 0 Å². The Hall–Kier alpha value is -1.43. The second-order valence-electron chi connectivity index (χ2n) is 3.82. The lowest BCUT2D eigenvalue weighted by molar-refractivity contribution is 0.0526. The molecule has 0 aliphatic heterocycles. The summed E-state index contributed by atoms with van der Waals surface area (Å²) in [7, 11) is 0. The second-order valence-corrected chi connectivity index (χ2v) is 4.26. The summed E-state index contributed by atoms with van der Waals surface area (Å²) in [4.78, 5) is 11.7. The molecule has 0 amide bonds. The number of ether oxygens (including phenoxy) is 1. The van der Waals surface area contributed by atoms with E-state index >= 15 is 0 Å². The number of nitrogens with two attached hydrogens (primary N) is 1. The molecule has 0 aliphatic rings. The van der Waals surface area contributed by atoms with Gasteiger partial charge in [0.25, 0.3) is 0 Å². The highest BCUT2D eigenvalue weighted by Crippen LogP contribution is 2.15. The Morgan fingerprint density at radius 2 is 2.31 bits per heavy atom. The van der Waals surface area contributed by atoms with E-state index < -0.39 is 11.5 Å². The third-order valence-corrected chi connectivity index (χ3v) is 2.77. The van der Waals surface area contributed by atoms with Gasteiger partial charge in [-0.05, 0) is 20.8 Å². The highest BCUT2D eigenvalue weighted by Gasteiger charge is 2.25. The molecule has 1 heterocycles. The van der Waals surface area contributed by atoms with E-state index in [9.17, 15) is 4.79 Å². The zero-order valence-corrected chi connectivity index (χ0v) is 10.4. The SMILES string of the molecule is CCOC(=O)c1cnn(C(C)(C)C(N)=S)c1. The zero-order chi connectivity index (χ0) is 12.3. The average molecular weight is 241 g/mol. The smallest absolute Gasteiger partial charge is 0.341 e. The summed E-state index contributed by atoms with van der Waals surface area (Å²) < 4.78 is 6.42. The van der Waals surface area contributed by atoms with Crippen LogP contribution in [0.25, 0.3) is 0 Å². The molecule has 0 atom stereocenters. The van der Waals surface area contributed by atoms with Crippen molar-refractivity contribution in [3.63, 3.8) is 0 Å². The minimum absolute atomic E-state index is 0.311. The van der Waals surface area contributed by atoms with Crippen LogP contribution in [-0.4, -0.2) is 27.3 Å². The Labute approximate surface area is 99.6 Å². The number of nitrogens with zero attached hydrogens (tertiary/aromatic N) is 2. The van der Waals surface area contributed by atoms with Crippen molar-refractivity contribution in [2.24, 2.45) is 5.73 Å². The fourth-order valence-corrected chi connectivity index (χ4v) is 1.15. The Kier molecular flexibility index (Phi) is 3.64. The molecule has 16 heavy (non-hydrogen) atoms. The first kappa shape index (κ1) is 12.6. The van der Waals surface area contributed by atoms with Crippen molar-refractivity contribution in [3.8, 4) is 0 Å². The molecule has 0 saturated carbocycles. The summed E-state index contributed by atoms with van der Waals surface area (Å²) in [6, 6.07) is 0. The maximum absolute atomic E-state index is 11.4. The molecule has 0 bridgehead atoms. The number of carbonyl (C=O) groups excluding carboxylic acids is 1. The molecule has 0 saturated heterocycles. The van der Waals surface area contributed by atoms with E-state index in [1.807, 2.05) is 13.8 Å². The molecule has 0 unspecified atom stereocenters. The van der Waals surface area contributed by atoms with Crippen LogP contribution in [0.15, 0.2) is 12.4 Å². The van der Waals surface area contributed by atoms with E-state index in [2.05, 4.69) is 5.10 Å². The van der Waals surface area contributed by atoms with Crippen molar-refractivity contribution >= 4 is 23.2 Å². The summed E-state index contributed by atoms with van der Waals surface area (Å²) >= 11 is 4.94. The first-order valence-electron chi connectivity index (χ1n) is 4.91. The van der Waals surface area contributed by atoms with Gasteiger partial charge < -0.3 is 10.5 Å². The molecular formula is C10H15N3O2S. The molecule has 2 N–H and O–H groups in total. The van der Waals surface area contributed by atoms with Gasteiger partial charge in [0, 0.05) is 6.20 Å². The average Bonchev–Trinajstić information content (AvgIpc) is 2.67. The number of hydrogen-bond acceptors (Lipinski definition) is 4. The summed E-state index contributed by atoms with van der Waals surface area (Å²) in [6.45, 7) is 5.75. The van der Waals surface area contributed by atoms with E-state index in [1.54, 1.807) is 17.8 Å². The van der Waals surface area contributed by atoms with E-state index in [1.165, 1.54) is 6.20 Å².